The molecule has 1 N–H and O–H groups in total. The molecule has 0 aromatic heterocycles. The van der Waals surface area contributed by atoms with E-state index in [1.54, 1.807) is 0 Å². The van der Waals surface area contributed by atoms with E-state index in [9.17, 15) is 4.79 Å². The number of hydrogen-bond donors (Lipinski definition) is 2. The molecular formula is C11H22O2S. The second-order valence-electron chi connectivity index (χ2n) is 3.97. The maximum absolute atomic E-state index is 10.9. The number of hydrogen-bond acceptors (Lipinski definition) is 2. The molecule has 0 bridgehead atoms. The topological polar surface area (TPSA) is 37.3 Å². The lowest BCUT2D eigenvalue weighted by atomic mass is 9.96. The number of carboxylic acids is 1. The normalized spacial score (nSPS) is 15.1. The van der Waals surface area contributed by atoms with Crippen LogP contribution in [0.15, 0.2) is 0 Å². The molecule has 0 saturated heterocycles. The zero-order valence-electron chi connectivity index (χ0n) is 9.20. The fourth-order valence-corrected chi connectivity index (χ4v) is 1.83. The predicted octanol–water partition coefficient (Wildman–Crippen LogP) is 3.37. The first-order valence-electron chi connectivity index (χ1n) is 5.48. The van der Waals surface area contributed by atoms with Crippen molar-refractivity contribution in [1.29, 1.82) is 0 Å². The minimum atomic E-state index is -0.664. The highest BCUT2D eigenvalue weighted by Gasteiger charge is 2.18. The molecule has 2 nitrogen and oxygen atoms in total. The molecule has 84 valence electrons. The van der Waals surface area contributed by atoms with Crippen LogP contribution in [0, 0.1) is 5.92 Å². The van der Waals surface area contributed by atoms with E-state index in [1.807, 2.05) is 6.92 Å². The molecule has 0 rings (SSSR count). The lowest BCUT2D eigenvalue weighted by molar-refractivity contribution is -0.142. The Morgan fingerprint density at radius 1 is 1.36 bits per heavy atom. The minimum Gasteiger partial charge on any atom is -0.481 e. The molecule has 3 heteroatoms. The highest BCUT2D eigenvalue weighted by molar-refractivity contribution is 7.80. The Kier molecular flexibility index (Phi) is 8.05. The van der Waals surface area contributed by atoms with Gasteiger partial charge < -0.3 is 5.11 Å². The first kappa shape index (κ1) is 13.8. The Bertz CT molecular complexity index is 157. The van der Waals surface area contributed by atoms with Gasteiger partial charge >= 0.3 is 5.97 Å². The molecule has 0 aliphatic rings. The summed E-state index contributed by atoms with van der Waals surface area (Å²) >= 11 is 4.23. The fraction of sp³-hybridized carbons (Fsp3) is 0.909. The summed E-state index contributed by atoms with van der Waals surface area (Å²) in [5, 5.41) is 9.13. The molecule has 0 radical (unpaired) electrons. The van der Waals surface area contributed by atoms with Gasteiger partial charge in [0.2, 0.25) is 0 Å². The van der Waals surface area contributed by atoms with Crippen LogP contribution in [-0.4, -0.2) is 16.3 Å². The molecule has 0 aromatic rings. The van der Waals surface area contributed by atoms with Crippen molar-refractivity contribution in [2.24, 2.45) is 5.92 Å². The molecule has 2 unspecified atom stereocenters. The number of carboxylic acid groups (broad SMARTS) is 1. The first-order valence-corrected chi connectivity index (χ1v) is 6.00. The first-order chi connectivity index (χ1) is 6.57. The Labute approximate surface area is 92.5 Å². The second kappa shape index (κ2) is 8.16. The molecule has 0 amide bonds. The zero-order valence-corrected chi connectivity index (χ0v) is 10.1. The smallest absolute Gasteiger partial charge is 0.306 e. The van der Waals surface area contributed by atoms with Gasteiger partial charge in [-0.15, -0.1) is 0 Å². The largest absolute Gasteiger partial charge is 0.481 e. The van der Waals surface area contributed by atoms with E-state index < -0.39 is 5.97 Å². The number of carbonyl (C=O) groups is 1. The third kappa shape index (κ3) is 7.25. The number of unbranched alkanes of at least 4 members (excludes halogenated alkanes) is 3. The Morgan fingerprint density at radius 3 is 2.43 bits per heavy atom. The standard InChI is InChI=1S/C11H22O2S/c1-3-4-5-6-7-10(11(12)13)8-9(2)14/h9-10,14H,3-8H2,1-2H3,(H,12,13). The molecule has 0 saturated carbocycles. The number of aliphatic carboxylic acids is 1. The third-order valence-electron chi connectivity index (χ3n) is 2.38. The summed E-state index contributed by atoms with van der Waals surface area (Å²) in [6.45, 7) is 4.11. The lowest BCUT2D eigenvalue weighted by Gasteiger charge is -2.13. The highest BCUT2D eigenvalue weighted by atomic mass is 32.1. The highest BCUT2D eigenvalue weighted by Crippen LogP contribution is 2.18. The molecule has 2 atom stereocenters. The SMILES string of the molecule is CCCCCCC(CC(C)S)C(=O)O. The van der Waals surface area contributed by atoms with E-state index in [2.05, 4.69) is 19.6 Å². The molecule has 0 fully saturated rings. The molecule has 0 aromatic carbocycles. The van der Waals surface area contributed by atoms with E-state index in [-0.39, 0.29) is 11.2 Å². The van der Waals surface area contributed by atoms with E-state index >= 15 is 0 Å². The summed E-state index contributed by atoms with van der Waals surface area (Å²) in [5.74, 6) is -0.859. The van der Waals surface area contributed by atoms with Crippen LogP contribution in [0.3, 0.4) is 0 Å². The van der Waals surface area contributed by atoms with Crippen LogP contribution in [0.5, 0.6) is 0 Å². The van der Waals surface area contributed by atoms with Gasteiger partial charge in [-0.25, -0.2) is 0 Å². The van der Waals surface area contributed by atoms with Crippen LogP contribution in [0.25, 0.3) is 0 Å². The third-order valence-corrected chi connectivity index (χ3v) is 2.59. The molecule has 0 spiro atoms. The Balaban J connectivity index is 3.68. The van der Waals surface area contributed by atoms with Gasteiger partial charge in [-0.1, -0.05) is 39.5 Å². The Morgan fingerprint density at radius 2 is 2.00 bits per heavy atom. The van der Waals surface area contributed by atoms with E-state index in [4.69, 9.17) is 5.11 Å². The fourth-order valence-electron chi connectivity index (χ4n) is 1.57. The van der Waals surface area contributed by atoms with Gasteiger partial charge in [0.25, 0.3) is 0 Å². The van der Waals surface area contributed by atoms with Crippen molar-refractivity contribution in [1.82, 2.24) is 0 Å². The van der Waals surface area contributed by atoms with Crippen molar-refractivity contribution in [3.63, 3.8) is 0 Å². The zero-order chi connectivity index (χ0) is 11.0. The molecule has 0 heterocycles. The van der Waals surface area contributed by atoms with Crippen molar-refractivity contribution >= 4 is 18.6 Å². The van der Waals surface area contributed by atoms with Crippen LogP contribution in [0.2, 0.25) is 0 Å². The van der Waals surface area contributed by atoms with E-state index in [0.717, 1.165) is 19.3 Å². The minimum absolute atomic E-state index is 0.183. The Hall–Kier alpha value is -0.180. The quantitative estimate of drug-likeness (QED) is 0.484. The average Bonchev–Trinajstić information content (AvgIpc) is 2.09. The van der Waals surface area contributed by atoms with E-state index in [0.29, 0.717) is 6.42 Å². The van der Waals surface area contributed by atoms with Gasteiger partial charge in [0, 0.05) is 0 Å². The van der Waals surface area contributed by atoms with Crippen LogP contribution in [-0.2, 0) is 4.79 Å². The van der Waals surface area contributed by atoms with Gasteiger partial charge in [0.05, 0.1) is 5.92 Å². The number of thiol groups is 1. The lowest BCUT2D eigenvalue weighted by Crippen LogP contribution is -2.16. The molecule has 14 heavy (non-hydrogen) atoms. The van der Waals surface area contributed by atoms with Crippen molar-refractivity contribution in [2.45, 2.75) is 57.6 Å². The van der Waals surface area contributed by atoms with Crippen molar-refractivity contribution < 1.29 is 9.90 Å². The summed E-state index contributed by atoms with van der Waals surface area (Å²) in [6.07, 6.45) is 6.08. The maximum atomic E-state index is 10.9. The van der Waals surface area contributed by atoms with Crippen molar-refractivity contribution in [3.8, 4) is 0 Å². The van der Waals surface area contributed by atoms with Crippen LogP contribution < -0.4 is 0 Å². The monoisotopic (exact) mass is 218 g/mol. The molecule has 0 aliphatic carbocycles. The van der Waals surface area contributed by atoms with Gasteiger partial charge in [-0.3, -0.25) is 4.79 Å². The van der Waals surface area contributed by atoms with Gasteiger partial charge in [0.15, 0.2) is 0 Å². The van der Waals surface area contributed by atoms with Gasteiger partial charge in [0.1, 0.15) is 0 Å². The van der Waals surface area contributed by atoms with Crippen LogP contribution in [0.1, 0.15) is 52.4 Å². The summed E-state index contributed by atoms with van der Waals surface area (Å²) in [5.41, 5.74) is 0. The van der Waals surface area contributed by atoms with Crippen molar-refractivity contribution in [3.05, 3.63) is 0 Å². The maximum Gasteiger partial charge on any atom is 0.306 e. The van der Waals surface area contributed by atoms with Crippen LogP contribution in [0.4, 0.5) is 0 Å². The summed E-state index contributed by atoms with van der Waals surface area (Å²) < 4.78 is 0. The summed E-state index contributed by atoms with van der Waals surface area (Å²) in [6, 6.07) is 0. The van der Waals surface area contributed by atoms with Crippen LogP contribution >= 0.6 is 12.6 Å². The van der Waals surface area contributed by atoms with Gasteiger partial charge in [-0.2, -0.15) is 12.6 Å². The van der Waals surface area contributed by atoms with E-state index in [1.165, 1.54) is 12.8 Å². The molecule has 0 aliphatic heterocycles. The van der Waals surface area contributed by atoms with Gasteiger partial charge in [-0.05, 0) is 18.1 Å². The summed E-state index contributed by atoms with van der Waals surface area (Å²) in [7, 11) is 0. The number of rotatable bonds is 8. The second-order valence-corrected chi connectivity index (χ2v) is 4.85. The van der Waals surface area contributed by atoms with Crippen molar-refractivity contribution in [2.75, 3.05) is 0 Å². The predicted molar refractivity (Wildman–Crippen MR) is 62.9 cm³/mol. The molecular weight excluding hydrogens is 196 g/mol. The summed E-state index contributed by atoms with van der Waals surface area (Å²) in [4.78, 5) is 10.9. The average molecular weight is 218 g/mol.